The molecule has 0 aromatic heterocycles. The van der Waals surface area contributed by atoms with Gasteiger partial charge in [-0.05, 0) is 118 Å². The van der Waals surface area contributed by atoms with Crippen LogP contribution in [0.5, 0.6) is 0 Å². The van der Waals surface area contributed by atoms with Crippen LogP contribution >= 0.6 is 0 Å². The highest BCUT2D eigenvalue weighted by molar-refractivity contribution is 6.71. The molecular formula is C30H70O11Si6. The molecule has 0 spiro atoms. The minimum Gasteiger partial charge on any atom is -0.409 e. The van der Waals surface area contributed by atoms with Gasteiger partial charge in [0.15, 0.2) is 62.5 Å². The molecule has 10 atom stereocenters. The molecule has 2 N–H and O–H groups in total. The summed E-state index contributed by atoms with van der Waals surface area (Å²) in [6.45, 7) is 37.6. The van der Waals surface area contributed by atoms with Crippen molar-refractivity contribution in [2.45, 2.75) is 179 Å². The first-order valence-electron chi connectivity index (χ1n) is 17.2. The second kappa shape index (κ2) is 16.3. The van der Waals surface area contributed by atoms with Gasteiger partial charge in [0.1, 0.15) is 48.8 Å². The monoisotopic (exact) mass is 774 g/mol. The minimum absolute atomic E-state index is 0.284. The zero-order valence-corrected chi connectivity index (χ0v) is 38.8. The van der Waals surface area contributed by atoms with E-state index in [1.165, 1.54) is 0 Å². The SMILES string of the molecule is C[Si](C)(C)OC1C(CO)OC(OC2OC(CO)C(O[Si](C)(C)C)C(O[Si](C)(C)C)C2O[Si](C)(C)C)C(O[Si](C)(C)C)C1O[Si](C)(C)C. The molecule has 2 heterocycles. The molecular weight excluding hydrogens is 705 g/mol. The zero-order chi connectivity index (χ0) is 36.6. The third kappa shape index (κ3) is 15.2. The van der Waals surface area contributed by atoms with E-state index in [2.05, 4.69) is 118 Å². The third-order valence-corrected chi connectivity index (χ3v) is 12.6. The molecule has 10 unspecified atom stereocenters. The van der Waals surface area contributed by atoms with Crippen molar-refractivity contribution in [2.24, 2.45) is 0 Å². The molecule has 0 bridgehead atoms. The lowest BCUT2D eigenvalue weighted by Crippen LogP contribution is -2.69. The lowest BCUT2D eigenvalue weighted by Gasteiger charge is -2.53. The topological polar surface area (TPSA) is 124 Å². The molecule has 47 heavy (non-hydrogen) atoms. The maximum absolute atomic E-state index is 10.7. The normalized spacial score (nSPS) is 33.7. The van der Waals surface area contributed by atoms with Gasteiger partial charge in [0.05, 0.1) is 13.2 Å². The predicted octanol–water partition coefficient (Wildman–Crippen LogP) is 5.76. The molecule has 0 radical (unpaired) electrons. The summed E-state index contributed by atoms with van der Waals surface area (Å²) in [5, 5.41) is 21.4. The molecule has 0 aromatic carbocycles. The molecule has 0 aliphatic carbocycles. The Hall–Kier alpha value is 0.861. The number of hydrogen-bond donors (Lipinski definition) is 2. The van der Waals surface area contributed by atoms with Crippen molar-refractivity contribution in [3.8, 4) is 0 Å². The van der Waals surface area contributed by atoms with E-state index in [9.17, 15) is 10.2 Å². The lowest BCUT2D eigenvalue weighted by molar-refractivity contribution is -0.368. The van der Waals surface area contributed by atoms with Crippen LogP contribution in [0.25, 0.3) is 0 Å². The third-order valence-electron chi connectivity index (χ3n) is 6.75. The Kier molecular flexibility index (Phi) is 15.2. The van der Waals surface area contributed by atoms with Gasteiger partial charge in [-0.25, -0.2) is 0 Å². The smallest absolute Gasteiger partial charge is 0.188 e. The minimum atomic E-state index is -2.22. The second-order valence-corrected chi connectivity index (χ2v) is 45.5. The Morgan fingerprint density at radius 1 is 0.362 bits per heavy atom. The van der Waals surface area contributed by atoms with Crippen molar-refractivity contribution in [3.05, 3.63) is 0 Å². The summed E-state index contributed by atoms with van der Waals surface area (Å²) in [5.41, 5.74) is 0. The van der Waals surface area contributed by atoms with Crippen molar-refractivity contribution in [1.29, 1.82) is 0 Å². The number of aliphatic hydroxyl groups is 2. The molecule has 0 amide bonds. The summed E-state index contributed by atoms with van der Waals surface area (Å²) in [5.74, 6) is 0. The summed E-state index contributed by atoms with van der Waals surface area (Å²) in [6, 6.07) is 0. The van der Waals surface area contributed by atoms with Gasteiger partial charge < -0.3 is 51.0 Å². The predicted molar refractivity (Wildman–Crippen MR) is 202 cm³/mol. The molecule has 11 nitrogen and oxygen atoms in total. The fraction of sp³-hybridized carbons (Fsp3) is 1.00. The standard InChI is InChI=1S/C30H70O11Si6/c1-42(2,3)36-23-21(19-31)33-29(27(40-46(13,14)15)25(23)38-44(7,8)9)35-30-28(41-47(16,17)18)26(39-45(10,11)12)24(22(20-32)34-30)37-43(4,5)6/h21-32H,19-20H2,1-18H3. The Balaban J connectivity index is 2.72. The summed E-state index contributed by atoms with van der Waals surface area (Å²) in [4.78, 5) is 0. The molecule has 2 saturated heterocycles. The fourth-order valence-electron chi connectivity index (χ4n) is 5.65. The molecule has 2 rings (SSSR count). The van der Waals surface area contributed by atoms with Crippen LogP contribution in [-0.4, -0.2) is 135 Å². The number of ether oxygens (including phenoxy) is 3. The summed E-state index contributed by atoms with van der Waals surface area (Å²) < 4.78 is 61.0. The first-order valence-corrected chi connectivity index (χ1v) is 37.6. The van der Waals surface area contributed by atoms with Crippen LogP contribution in [0.4, 0.5) is 0 Å². The van der Waals surface area contributed by atoms with Crippen molar-refractivity contribution in [3.63, 3.8) is 0 Å². The summed E-state index contributed by atoms with van der Waals surface area (Å²) in [7, 11) is -13.0. The van der Waals surface area contributed by atoms with Crippen molar-refractivity contribution >= 4 is 49.9 Å². The van der Waals surface area contributed by atoms with Crippen LogP contribution in [0, 0.1) is 0 Å². The van der Waals surface area contributed by atoms with Crippen LogP contribution < -0.4 is 0 Å². The van der Waals surface area contributed by atoms with Gasteiger partial charge >= 0.3 is 0 Å². The van der Waals surface area contributed by atoms with Crippen molar-refractivity contribution in [1.82, 2.24) is 0 Å². The van der Waals surface area contributed by atoms with Gasteiger partial charge in [0.2, 0.25) is 0 Å². The first kappa shape index (κ1) is 44.0. The van der Waals surface area contributed by atoms with E-state index < -0.39 is 111 Å². The van der Waals surface area contributed by atoms with E-state index in [-0.39, 0.29) is 13.2 Å². The van der Waals surface area contributed by atoms with Gasteiger partial charge in [-0.1, -0.05) is 0 Å². The maximum Gasteiger partial charge on any atom is 0.188 e. The van der Waals surface area contributed by atoms with E-state index in [1.807, 2.05) is 0 Å². The molecule has 2 aliphatic heterocycles. The van der Waals surface area contributed by atoms with E-state index >= 15 is 0 Å². The first-order chi connectivity index (χ1) is 20.9. The second-order valence-electron chi connectivity index (χ2n) is 18.8. The number of hydrogen-bond acceptors (Lipinski definition) is 11. The van der Waals surface area contributed by atoms with Crippen molar-refractivity contribution < 1.29 is 51.0 Å². The Morgan fingerprint density at radius 3 is 0.787 bits per heavy atom. The maximum atomic E-state index is 10.7. The van der Waals surface area contributed by atoms with Crippen molar-refractivity contribution in [2.75, 3.05) is 13.2 Å². The van der Waals surface area contributed by atoms with Gasteiger partial charge in [-0.3, -0.25) is 0 Å². The van der Waals surface area contributed by atoms with Gasteiger partial charge in [0, 0.05) is 0 Å². The molecule has 2 fully saturated rings. The Bertz CT molecular complexity index is 892. The highest BCUT2D eigenvalue weighted by atomic mass is 28.4. The quantitative estimate of drug-likeness (QED) is 0.186. The van der Waals surface area contributed by atoms with E-state index in [0.29, 0.717) is 0 Å². The number of aliphatic hydroxyl groups excluding tert-OH is 2. The molecule has 0 saturated carbocycles. The molecule has 17 heteroatoms. The van der Waals surface area contributed by atoms with E-state index in [1.54, 1.807) is 0 Å². The average Bonchev–Trinajstić information content (AvgIpc) is 2.81. The number of rotatable bonds is 16. The van der Waals surface area contributed by atoms with Crippen LogP contribution in [0.3, 0.4) is 0 Å². The van der Waals surface area contributed by atoms with Gasteiger partial charge in [-0.15, -0.1) is 0 Å². The van der Waals surface area contributed by atoms with Gasteiger partial charge in [0.25, 0.3) is 0 Å². The molecule has 280 valence electrons. The highest BCUT2D eigenvalue weighted by Gasteiger charge is 2.56. The zero-order valence-electron chi connectivity index (χ0n) is 32.8. The fourth-order valence-corrected chi connectivity index (χ4v) is 12.2. The summed E-state index contributed by atoms with van der Waals surface area (Å²) >= 11 is 0. The Morgan fingerprint density at radius 2 is 0.574 bits per heavy atom. The van der Waals surface area contributed by atoms with Crippen LogP contribution in [0.1, 0.15) is 0 Å². The highest BCUT2D eigenvalue weighted by Crippen LogP contribution is 2.38. The summed E-state index contributed by atoms with van der Waals surface area (Å²) in [6.07, 6.45) is -6.97. The van der Waals surface area contributed by atoms with Gasteiger partial charge in [-0.2, -0.15) is 0 Å². The van der Waals surface area contributed by atoms with E-state index in [0.717, 1.165) is 0 Å². The van der Waals surface area contributed by atoms with Crippen LogP contribution in [-0.2, 0) is 40.8 Å². The van der Waals surface area contributed by atoms with Crippen LogP contribution in [0.2, 0.25) is 118 Å². The average molecular weight is 775 g/mol. The van der Waals surface area contributed by atoms with E-state index in [4.69, 9.17) is 40.8 Å². The lowest BCUT2D eigenvalue weighted by atomic mass is 9.98. The Labute approximate surface area is 292 Å². The van der Waals surface area contributed by atoms with Crippen LogP contribution in [0.15, 0.2) is 0 Å². The molecule has 0 aromatic rings. The molecule has 2 aliphatic rings. The largest absolute Gasteiger partial charge is 0.409 e.